The molecule has 1 unspecified atom stereocenters. The first-order valence-electron chi connectivity index (χ1n) is 6.96. The zero-order valence-corrected chi connectivity index (χ0v) is 12.8. The summed E-state index contributed by atoms with van der Waals surface area (Å²) in [6, 6.07) is 6.80. The van der Waals surface area contributed by atoms with E-state index in [4.69, 9.17) is 4.74 Å². The summed E-state index contributed by atoms with van der Waals surface area (Å²) >= 11 is 0. The number of para-hydroxylation sites is 1. The van der Waals surface area contributed by atoms with Gasteiger partial charge in [-0.05, 0) is 31.5 Å². The van der Waals surface area contributed by atoms with E-state index in [1.54, 1.807) is 28.6 Å². The Labute approximate surface area is 121 Å². The molecule has 1 aromatic carbocycles. The van der Waals surface area contributed by atoms with E-state index in [-0.39, 0.29) is 10.9 Å². The second-order valence-corrected chi connectivity index (χ2v) is 6.72. The lowest BCUT2D eigenvalue weighted by atomic mass is 10.1. The first-order chi connectivity index (χ1) is 9.61. The number of piperidine rings is 1. The number of nitrogens with one attached hydrogen (secondary N) is 1. The third-order valence-corrected chi connectivity index (χ3v) is 5.71. The van der Waals surface area contributed by atoms with Crippen LogP contribution < -0.4 is 10.1 Å². The molecule has 1 aliphatic heterocycles. The molecule has 1 heterocycles. The predicted molar refractivity (Wildman–Crippen MR) is 78.5 cm³/mol. The van der Waals surface area contributed by atoms with Gasteiger partial charge >= 0.3 is 0 Å². The van der Waals surface area contributed by atoms with Gasteiger partial charge in [0.25, 0.3) is 0 Å². The van der Waals surface area contributed by atoms with Crippen LogP contribution in [-0.4, -0.2) is 45.5 Å². The molecule has 2 rings (SSSR count). The Bertz CT molecular complexity index is 539. The number of nitrogens with zero attached hydrogens (tertiary/aromatic N) is 1. The molecule has 1 fully saturated rings. The third-order valence-electron chi connectivity index (χ3n) is 3.65. The lowest BCUT2D eigenvalue weighted by Gasteiger charge is -2.33. The number of rotatable bonds is 5. The van der Waals surface area contributed by atoms with E-state index in [2.05, 4.69) is 5.32 Å². The van der Waals surface area contributed by atoms with Gasteiger partial charge in [-0.3, -0.25) is 0 Å². The number of sulfonamides is 1. The van der Waals surface area contributed by atoms with Gasteiger partial charge in [0.2, 0.25) is 10.0 Å². The van der Waals surface area contributed by atoms with E-state index in [9.17, 15) is 8.42 Å². The number of hydrogen-bond acceptors (Lipinski definition) is 4. The van der Waals surface area contributed by atoms with Crippen molar-refractivity contribution in [1.82, 2.24) is 9.62 Å². The zero-order chi connectivity index (χ0) is 14.6. The van der Waals surface area contributed by atoms with E-state index in [0.29, 0.717) is 18.8 Å². The van der Waals surface area contributed by atoms with Crippen LogP contribution in [0.5, 0.6) is 5.75 Å². The largest absolute Gasteiger partial charge is 0.495 e. The van der Waals surface area contributed by atoms with Gasteiger partial charge in [0.05, 0.1) is 7.11 Å². The molecule has 1 aromatic rings. The fourth-order valence-electron chi connectivity index (χ4n) is 2.66. The molecule has 0 radical (unpaired) electrons. The highest BCUT2D eigenvalue weighted by atomic mass is 32.2. The first kappa shape index (κ1) is 15.3. The van der Waals surface area contributed by atoms with E-state index < -0.39 is 10.0 Å². The molecule has 112 valence electrons. The van der Waals surface area contributed by atoms with Gasteiger partial charge in [-0.25, -0.2) is 8.42 Å². The van der Waals surface area contributed by atoms with Crippen LogP contribution in [0.4, 0.5) is 0 Å². The molecule has 5 nitrogen and oxygen atoms in total. The molecule has 1 aliphatic rings. The van der Waals surface area contributed by atoms with Crippen LogP contribution in [0.1, 0.15) is 19.8 Å². The number of likely N-dealkylation sites (N-methyl/N-ethyl adjacent to an activating group) is 1. The minimum atomic E-state index is -3.53. The Kier molecular flexibility index (Phi) is 5.01. The maximum atomic E-state index is 12.9. The molecule has 0 aliphatic carbocycles. The van der Waals surface area contributed by atoms with Gasteiger partial charge in [0.1, 0.15) is 10.6 Å². The maximum absolute atomic E-state index is 12.9. The average molecular weight is 298 g/mol. The fourth-order valence-corrected chi connectivity index (χ4v) is 4.48. The monoisotopic (exact) mass is 298 g/mol. The molecular weight excluding hydrogens is 276 g/mol. The molecule has 0 spiro atoms. The normalized spacial score (nSPS) is 20.1. The Morgan fingerprint density at radius 2 is 2.15 bits per heavy atom. The summed E-state index contributed by atoms with van der Waals surface area (Å²) in [6.45, 7) is 4.01. The third kappa shape index (κ3) is 2.97. The van der Waals surface area contributed by atoms with Crippen molar-refractivity contribution < 1.29 is 13.2 Å². The van der Waals surface area contributed by atoms with Crippen LogP contribution in [0.2, 0.25) is 0 Å². The quantitative estimate of drug-likeness (QED) is 0.894. The van der Waals surface area contributed by atoms with Crippen molar-refractivity contribution in [3.8, 4) is 5.75 Å². The van der Waals surface area contributed by atoms with Crippen molar-refractivity contribution in [2.24, 2.45) is 0 Å². The second-order valence-electron chi connectivity index (χ2n) is 4.86. The van der Waals surface area contributed by atoms with Gasteiger partial charge < -0.3 is 10.1 Å². The number of hydrogen-bond donors (Lipinski definition) is 1. The van der Waals surface area contributed by atoms with Crippen molar-refractivity contribution in [2.45, 2.75) is 30.7 Å². The summed E-state index contributed by atoms with van der Waals surface area (Å²) < 4.78 is 32.5. The summed E-state index contributed by atoms with van der Waals surface area (Å²) in [4.78, 5) is 0.245. The van der Waals surface area contributed by atoms with Crippen LogP contribution in [0.15, 0.2) is 29.2 Å². The minimum Gasteiger partial charge on any atom is -0.495 e. The minimum absolute atomic E-state index is 0.0173. The zero-order valence-electron chi connectivity index (χ0n) is 12.0. The van der Waals surface area contributed by atoms with Gasteiger partial charge in [-0.2, -0.15) is 4.31 Å². The smallest absolute Gasteiger partial charge is 0.247 e. The summed E-state index contributed by atoms with van der Waals surface area (Å²) in [5.41, 5.74) is 0. The average Bonchev–Trinajstić information content (AvgIpc) is 2.48. The van der Waals surface area contributed by atoms with Crippen LogP contribution in [0, 0.1) is 0 Å². The molecule has 0 aromatic heterocycles. The predicted octanol–water partition coefficient (Wildman–Crippen LogP) is 1.46. The molecule has 6 heteroatoms. The number of benzene rings is 1. The van der Waals surface area contributed by atoms with Gasteiger partial charge in [-0.15, -0.1) is 0 Å². The maximum Gasteiger partial charge on any atom is 0.247 e. The molecule has 0 saturated carbocycles. The molecule has 0 amide bonds. The van der Waals surface area contributed by atoms with Crippen molar-refractivity contribution >= 4 is 10.0 Å². The molecule has 1 atom stereocenters. The molecule has 1 saturated heterocycles. The van der Waals surface area contributed by atoms with Crippen molar-refractivity contribution in [2.75, 3.05) is 26.7 Å². The highest BCUT2D eigenvalue weighted by molar-refractivity contribution is 7.89. The van der Waals surface area contributed by atoms with Crippen LogP contribution >= 0.6 is 0 Å². The first-order valence-corrected chi connectivity index (χ1v) is 8.40. The Balaban J connectivity index is 2.35. The summed E-state index contributed by atoms with van der Waals surface area (Å²) in [5.74, 6) is 0.398. The topological polar surface area (TPSA) is 58.6 Å². The standard InChI is InChI=1S/C14H22N2O3S/c1-3-16(12-7-6-10-15-11-12)20(17,18)14-9-5-4-8-13(14)19-2/h4-5,8-9,12,15H,3,6-7,10-11H2,1-2H3. The van der Waals surface area contributed by atoms with E-state index >= 15 is 0 Å². The fraction of sp³-hybridized carbons (Fsp3) is 0.571. The van der Waals surface area contributed by atoms with Gasteiger partial charge in [0, 0.05) is 19.1 Å². The van der Waals surface area contributed by atoms with E-state index in [0.717, 1.165) is 19.4 Å². The van der Waals surface area contributed by atoms with Crippen molar-refractivity contribution in [3.05, 3.63) is 24.3 Å². The lowest BCUT2D eigenvalue weighted by Crippen LogP contribution is -2.48. The Morgan fingerprint density at radius 3 is 2.75 bits per heavy atom. The Morgan fingerprint density at radius 1 is 1.40 bits per heavy atom. The molecule has 1 N–H and O–H groups in total. The van der Waals surface area contributed by atoms with Crippen molar-refractivity contribution in [1.29, 1.82) is 0 Å². The highest BCUT2D eigenvalue weighted by Gasteiger charge is 2.32. The molecule has 20 heavy (non-hydrogen) atoms. The van der Waals surface area contributed by atoms with E-state index in [1.165, 1.54) is 7.11 Å². The summed E-state index contributed by atoms with van der Waals surface area (Å²) in [6.07, 6.45) is 1.90. The number of methoxy groups -OCH3 is 1. The van der Waals surface area contributed by atoms with Crippen LogP contribution in [-0.2, 0) is 10.0 Å². The van der Waals surface area contributed by atoms with Crippen molar-refractivity contribution in [3.63, 3.8) is 0 Å². The number of ether oxygens (including phenoxy) is 1. The summed E-state index contributed by atoms with van der Waals surface area (Å²) in [7, 11) is -2.03. The SMILES string of the molecule is CCN(C1CCCNC1)S(=O)(=O)c1ccccc1OC. The Hall–Kier alpha value is -1.11. The van der Waals surface area contributed by atoms with Gasteiger partial charge in [0.15, 0.2) is 0 Å². The lowest BCUT2D eigenvalue weighted by molar-refractivity contribution is 0.273. The van der Waals surface area contributed by atoms with Crippen LogP contribution in [0.3, 0.4) is 0 Å². The molecule has 0 bridgehead atoms. The van der Waals surface area contributed by atoms with Crippen LogP contribution in [0.25, 0.3) is 0 Å². The summed E-state index contributed by atoms with van der Waals surface area (Å²) in [5, 5.41) is 3.26. The van der Waals surface area contributed by atoms with E-state index in [1.807, 2.05) is 6.92 Å². The highest BCUT2D eigenvalue weighted by Crippen LogP contribution is 2.28. The van der Waals surface area contributed by atoms with Gasteiger partial charge in [-0.1, -0.05) is 19.1 Å². The second kappa shape index (κ2) is 6.56. The molecular formula is C14H22N2O3S.